The quantitative estimate of drug-likeness (QED) is 0.0273. The van der Waals surface area contributed by atoms with E-state index in [4.69, 9.17) is 29.5 Å². The Bertz CT molecular complexity index is 2690. The van der Waals surface area contributed by atoms with Gasteiger partial charge in [0.2, 0.25) is 0 Å². The van der Waals surface area contributed by atoms with Crippen LogP contribution in [-0.4, -0.2) is 118 Å². The van der Waals surface area contributed by atoms with Crippen molar-refractivity contribution in [2.24, 2.45) is 23.2 Å². The highest BCUT2D eigenvalue weighted by molar-refractivity contribution is 7.10. The molecule has 11 nitrogen and oxygen atoms in total. The molecule has 0 bridgehead atoms. The number of aromatic nitrogens is 3. The molecule has 4 aromatic rings. The molecule has 2 saturated heterocycles. The number of hydrogen-bond donors (Lipinski definition) is 4. The summed E-state index contributed by atoms with van der Waals surface area (Å²) in [5, 5.41) is 18.5. The van der Waals surface area contributed by atoms with Crippen molar-refractivity contribution in [2.45, 2.75) is 195 Å². The molecular formula is C68H105N11S. The summed E-state index contributed by atoms with van der Waals surface area (Å²) in [6, 6.07) is 10.2. The Labute approximate surface area is 489 Å². The van der Waals surface area contributed by atoms with Crippen molar-refractivity contribution in [1.82, 2.24) is 50.3 Å². The van der Waals surface area contributed by atoms with Crippen LogP contribution in [0, 0.1) is 35.5 Å². The van der Waals surface area contributed by atoms with E-state index in [-0.39, 0.29) is 23.4 Å². The molecule has 80 heavy (non-hydrogen) atoms. The van der Waals surface area contributed by atoms with E-state index in [9.17, 15) is 0 Å². The number of nitrogens with one attached hydrogen (secondary N) is 4. The summed E-state index contributed by atoms with van der Waals surface area (Å²) >= 11 is 1.77. The van der Waals surface area contributed by atoms with Crippen LogP contribution in [0.4, 0.5) is 5.69 Å². The van der Waals surface area contributed by atoms with E-state index < -0.39 is 0 Å². The average Bonchev–Trinajstić information content (AvgIpc) is 3.92. The molecule has 4 aliphatic rings. The van der Waals surface area contributed by atoms with Crippen molar-refractivity contribution in [3.05, 3.63) is 89.1 Å². The topological polar surface area (TPSA) is 91.8 Å². The van der Waals surface area contributed by atoms with E-state index >= 15 is 0 Å². The first kappa shape index (κ1) is 61.3. The Balaban J connectivity index is 1.06. The monoisotopic (exact) mass is 1110 g/mol. The summed E-state index contributed by atoms with van der Waals surface area (Å²) in [5.74, 6) is 6.39. The molecule has 4 N–H and O–H groups in total. The first-order valence-electron chi connectivity index (χ1n) is 31.7. The van der Waals surface area contributed by atoms with Crippen molar-refractivity contribution in [1.29, 1.82) is 0 Å². The number of hydrazine groups is 1. The van der Waals surface area contributed by atoms with Crippen LogP contribution in [0.25, 0.3) is 33.4 Å². The van der Waals surface area contributed by atoms with Crippen molar-refractivity contribution < 1.29 is 0 Å². The molecule has 2 saturated carbocycles. The van der Waals surface area contributed by atoms with Crippen molar-refractivity contribution >= 4 is 27.9 Å². The standard InChI is InChI=1S/C68H105N11S/c1-14-18-20-23-34-69-36-37-70-57-41-59(65(48(5)6)71-44-57)67-60(43-68(11,12)33-19-15-2)58-40-56(30-31-63(58)78(67)17-4)62-47-80-64(74-62)42-61(51(9)79-38-25-24-35-72-79)73-49(7)66(55-26-21-22-27-55)77-39-32-53(46-77)45-76(16-3)52(10)75(13)50(8)54-28-29-54/h2,30-31,40-41,44,47-48,50,53-55,61,66,69-70,72-73H,7,9-10,14,16-29,32-39,42-43,45-46H2,1,3-6,8,11-13H3. The lowest BCUT2D eigenvalue weighted by Gasteiger charge is -2.40. The highest BCUT2D eigenvalue weighted by Gasteiger charge is 2.39. The largest absolute Gasteiger partial charge is 0.383 e. The number of terminal acetylenes is 1. The third-order valence-electron chi connectivity index (χ3n) is 18.6. The lowest BCUT2D eigenvalue weighted by atomic mass is 9.80. The second-order valence-corrected chi connectivity index (χ2v) is 26.4. The smallest absolute Gasteiger partial charge is 0.0964 e. The van der Waals surface area contributed by atoms with Gasteiger partial charge >= 0.3 is 0 Å². The fourth-order valence-electron chi connectivity index (χ4n) is 13.5. The Morgan fingerprint density at radius 2 is 1.75 bits per heavy atom. The van der Waals surface area contributed by atoms with E-state index in [0.29, 0.717) is 17.9 Å². The van der Waals surface area contributed by atoms with Gasteiger partial charge in [0, 0.05) is 117 Å². The summed E-state index contributed by atoms with van der Waals surface area (Å²) in [6.45, 7) is 42.8. The third-order valence-corrected chi connectivity index (χ3v) is 19.4. The molecule has 4 atom stereocenters. The fourth-order valence-corrected chi connectivity index (χ4v) is 14.4. The molecule has 1 aromatic carbocycles. The van der Waals surface area contributed by atoms with Crippen LogP contribution >= 0.6 is 11.3 Å². The molecule has 2 aliphatic carbocycles. The molecule has 0 spiro atoms. The van der Waals surface area contributed by atoms with Crippen LogP contribution in [0.5, 0.6) is 0 Å². The van der Waals surface area contributed by atoms with Gasteiger partial charge in [-0.05, 0) is 151 Å². The van der Waals surface area contributed by atoms with Crippen molar-refractivity contribution in [3.8, 4) is 34.9 Å². The minimum Gasteiger partial charge on any atom is -0.383 e. The molecule has 0 amide bonds. The Morgan fingerprint density at radius 3 is 2.45 bits per heavy atom. The maximum atomic E-state index is 5.93. The van der Waals surface area contributed by atoms with Crippen molar-refractivity contribution in [3.63, 3.8) is 0 Å². The number of aryl methyl sites for hydroxylation is 1. The van der Waals surface area contributed by atoms with E-state index in [1.807, 2.05) is 6.20 Å². The fraction of sp³-hybridized carbons (Fsp3) is 0.647. The van der Waals surface area contributed by atoms with Crippen LogP contribution in [-0.2, 0) is 19.4 Å². The van der Waals surface area contributed by atoms with Gasteiger partial charge in [-0.1, -0.05) is 92.5 Å². The zero-order valence-corrected chi connectivity index (χ0v) is 52.2. The van der Waals surface area contributed by atoms with Crippen LogP contribution in [0.15, 0.2) is 72.8 Å². The summed E-state index contributed by atoms with van der Waals surface area (Å²) < 4.78 is 2.54. The summed E-state index contributed by atoms with van der Waals surface area (Å²) in [4.78, 5) is 18.5. The second-order valence-electron chi connectivity index (χ2n) is 25.5. The predicted molar refractivity (Wildman–Crippen MR) is 342 cm³/mol. The molecule has 0 radical (unpaired) electrons. The number of benzene rings is 1. The van der Waals surface area contributed by atoms with Crippen LogP contribution in [0.3, 0.4) is 0 Å². The lowest BCUT2D eigenvalue weighted by molar-refractivity contribution is 0.160. The molecule has 4 fully saturated rings. The average molecular weight is 1110 g/mol. The van der Waals surface area contributed by atoms with Gasteiger partial charge in [0.05, 0.1) is 51.9 Å². The van der Waals surface area contributed by atoms with Gasteiger partial charge in [-0.2, -0.15) is 0 Å². The normalized spacial score (nSPS) is 18.4. The maximum absolute atomic E-state index is 5.93. The van der Waals surface area contributed by atoms with Gasteiger partial charge < -0.3 is 35.3 Å². The van der Waals surface area contributed by atoms with E-state index in [2.05, 4.69) is 150 Å². The number of thiazole rings is 1. The molecule has 2 aliphatic heterocycles. The number of unbranched alkanes of at least 4 members (excludes halogenated alkanes) is 3. The van der Waals surface area contributed by atoms with Gasteiger partial charge in [-0.3, -0.25) is 9.88 Å². The zero-order valence-electron chi connectivity index (χ0n) is 51.3. The minimum atomic E-state index is -0.0569. The zero-order chi connectivity index (χ0) is 56.9. The van der Waals surface area contributed by atoms with E-state index in [1.165, 1.54) is 111 Å². The third kappa shape index (κ3) is 15.4. The number of rotatable bonds is 33. The highest BCUT2D eigenvalue weighted by Crippen LogP contribution is 2.44. The van der Waals surface area contributed by atoms with Gasteiger partial charge in [-0.25, -0.2) is 10.4 Å². The molecule has 8 rings (SSSR count). The van der Waals surface area contributed by atoms with E-state index in [1.54, 1.807) is 11.3 Å². The second kappa shape index (κ2) is 28.9. The number of fused-ring (bicyclic) bond motifs is 1. The molecule has 438 valence electrons. The van der Waals surface area contributed by atoms with E-state index in [0.717, 1.165) is 143 Å². The highest BCUT2D eigenvalue weighted by atomic mass is 32.1. The number of anilines is 1. The number of nitrogens with zero attached hydrogens (tertiary/aromatic N) is 7. The molecule has 5 heterocycles. The lowest BCUT2D eigenvalue weighted by Crippen LogP contribution is -2.51. The van der Waals surface area contributed by atoms with Crippen LogP contribution in [0.2, 0.25) is 0 Å². The Morgan fingerprint density at radius 1 is 0.950 bits per heavy atom. The summed E-state index contributed by atoms with van der Waals surface area (Å²) in [6.07, 6.45) is 27.7. The SMILES string of the molecule is C#CCCC(C)(C)Cc1c(-c2cc(NCCNCCCCCC)cnc2C(C)C)n(CC)c2ccc(-c3csc(CC(NC(=C)C(C4CCCC4)N4CCC(CN(CC)C(=C)N(C)C(C)C5CC5)C4)C(=C)N4CCCCN4)n3)cc12. The Kier molecular flexibility index (Phi) is 22.2. The molecule has 12 heteroatoms. The first-order chi connectivity index (χ1) is 38.6. The van der Waals surface area contributed by atoms with Gasteiger partial charge in [-0.15, -0.1) is 23.7 Å². The van der Waals surface area contributed by atoms with Gasteiger partial charge in [0.1, 0.15) is 0 Å². The van der Waals surface area contributed by atoms with Crippen LogP contribution < -0.4 is 21.4 Å². The Hall–Kier alpha value is -4.80. The summed E-state index contributed by atoms with van der Waals surface area (Å²) in [5.41, 5.74) is 15.4. The molecule has 4 unspecified atom stereocenters. The molecule has 3 aromatic heterocycles. The van der Waals surface area contributed by atoms with Gasteiger partial charge in [0.15, 0.2) is 0 Å². The van der Waals surface area contributed by atoms with Crippen molar-refractivity contribution in [2.75, 3.05) is 71.3 Å². The van der Waals surface area contributed by atoms with Gasteiger partial charge in [0.25, 0.3) is 0 Å². The first-order valence-corrected chi connectivity index (χ1v) is 32.6. The number of likely N-dealkylation sites (tertiary alicyclic amines) is 1. The van der Waals surface area contributed by atoms with Crippen LogP contribution in [0.1, 0.15) is 174 Å². The summed E-state index contributed by atoms with van der Waals surface area (Å²) in [7, 11) is 2.26. The minimum absolute atomic E-state index is 0.0244. The predicted octanol–water partition coefficient (Wildman–Crippen LogP) is 14.1. The maximum Gasteiger partial charge on any atom is 0.0964 e. The number of hydrogen-bond acceptors (Lipinski definition) is 11. The molecular weight excluding hydrogens is 1000 g/mol. The number of pyridine rings is 1.